The lowest BCUT2D eigenvalue weighted by Crippen LogP contribution is -2.35. The molecule has 0 heterocycles. The van der Waals surface area contributed by atoms with Crippen LogP contribution in [-0.4, -0.2) is 23.1 Å². The summed E-state index contributed by atoms with van der Waals surface area (Å²) in [5, 5.41) is 14.4. The van der Waals surface area contributed by atoms with Gasteiger partial charge < -0.3 is 15.2 Å². The third-order valence-electron chi connectivity index (χ3n) is 4.05. The van der Waals surface area contributed by atoms with Crippen LogP contribution in [0.4, 0.5) is 0 Å². The van der Waals surface area contributed by atoms with Crippen molar-refractivity contribution in [2.24, 2.45) is 0 Å². The maximum absolute atomic E-state index is 12.3. The Balaban J connectivity index is 1.65. The number of rotatable bonds is 5. The van der Waals surface area contributed by atoms with Gasteiger partial charge in [-0.3, -0.25) is 4.79 Å². The number of nitrogens with one attached hydrogen (secondary N) is 1. The van der Waals surface area contributed by atoms with Crippen molar-refractivity contribution in [2.45, 2.75) is 19.6 Å². The number of benzene rings is 3. The van der Waals surface area contributed by atoms with Crippen molar-refractivity contribution in [2.75, 3.05) is 0 Å². The van der Waals surface area contributed by atoms with Gasteiger partial charge in [-0.25, -0.2) is 4.79 Å². The molecule has 3 aromatic carbocycles. The Morgan fingerprint density at radius 2 is 1.62 bits per heavy atom. The first-order chi connectivity index (χ1) is 12.5. The van der Waals surface area contributed by atoms with Gasteiger partial charge in [-0.1, -0.05) is 54.6 Å². The van der Waals surface area contributed by atoms with Crippen molar-refractivity contribution in [3.8, 4) is 5.75 Å². The molecule has 1 atom stereocenters. The van der Waals surface area contributed by atoms with Crippen molar-refractivity contribution in [1.82, 2.24) is 5.32 Å². The standard InChI is InChI=1S/C21H19NO4/c1-14(20(24)22-13-15-7-3-2-4-8-15)26-21(25)18-11-16-9-5-6-10-17(16)12-19(18)23/h2-12,14,23H,13H2,1H3,(H,22,24)/t14-/m0/s1. The van der Waals surface area contributed by atoms with Crippen LogP contribution in [0.25, 0.3) is 10.8 Å². The Morgan fingerprint density at radius 3 is 2.31 bits per heavy atom. The molecule has 2 N–H and O–H groups in total. The van der Waals surface area contributed by atoms with E-state index in [1.165, 1.54) is 13.0 Å². The van der Waals surface area contributed by atoms with E-state index in [-0.39, 0.29) is 11.3 Å². The summed E-state index contributed by atoms with van der Waals surface area (Å²) >= 11 is 0. The smallest absolute Gasteiger partial charge is 0.342 e. The van der Waals surface area contributed by atoms with Crippen molar-refractivity contribution >= 4 is 22.6 Å². The molecular weight excluding hydrogens is 330 g/mol. The van der Waals surface area contributed by atoms with Gasteiger partial charge in [-0.2, -0.15) is 0 Å². The molecule has 5 nitrogen and oxygen atoms in total. The second kappa shape index (κ2) is 7.70. The lowest BCUT2D eigenvalue weighted by atomic mass is 10.1. The van der Waals surface area contributed by atoms with Crippen LogP contribution in [0.1, 0.15) is 22.8 Å². The number of phenolic OH excluding ortho intramolecular Hbond substituents is 1. The highest BCUT2D eigenvalue weighted by atomic mass is 16.5. The summed E-state index contributed by atoms with van der Waals surface area (Å²) in [5.74, 6) is -1.32. The van der Waals surface area contributed by atoms with Crippen molar-refractivity contribution in [1.29, 1.82) is 0 Å². The van der Waals surface area contributed by atoms with Gasteiger partial charge in [-0.15, -0.1) is 0 Å². The van der Waals surface area contributed by atoms with E-state index in [2.05, 4.69) is 5.32 Å². The predicted molar refractivity (Wildman–Crippen MR) is 98.8 cm³/mol. The number of esters is 1. The quantitative estimate of drug-likeness (QED) is 0.692. The van der Waals surface area contributed by atoms with E-state index in [0.717, 1.165) is 16.3 Å². The zero-order chi connectivity index (χ0) is 18.5. The summed E-state index contributed by atoms with van der Waals surface area (Å²) in [6, 6.07) is 19.9. The first-order valence-corrected chi connectivity index (χ1v) is 8.29. The molecular formula is C21H19NO4. The minimum Gasteiger partial charge on any atom is -0.507 e. The summed E-state index contributed by atoms with van der Waals surface area (Å²) in [5.41, 5.74) is 0.984. The van der Waals surface area contributed by atoms with Crippen LogP contribution >= 0.6 is 0 Å². The van der Waals surface area contributed by atoms with E-state index < -0.39 is 18.0 Å². The van der Waals surface area contributed by atoms with Gasteiger partial charge >= 0.3 is 5.97 Å². The number of amides is 1. The molecule has 0 unspecified atom stereocenters. The molecule has 0 aliphatic rings. The summed E-state index contributed by atoms with van der Waals surface area (Å²) in [6.07, 6.45) is -0.975. The Morgan fingerprint density at radius 1 is 1.00 bits per heavy atom. The number of aromatic hydroxyl groups is 1. The molecule has 1 amide bonds. The van der Waals surface area contributed by atoms with Crippen LogP contribution in [0.5, 0.6) is 5.75 Å². The Kier molecular flexibility index (Phi) is 5.17. The van der Waals surface area contributed by atoms with Gasteiger partial charge in [0.1, 0.15) is 11.3 Å². The first kappa shape index (κ1) is 17.5. The number of carbonyl (C=O) groups excluding carboxylic acids is 2. The Bertz CT molecular complexity index is 937. The zero-order valence-electron chi connectivity index (χ0n) is 14.3. The SMILES string of the molecule is C[C@H](OC(=O)c1cc2ccccc2cc1O)C(=O)NCc1ccccc1. The highest BCUT2D eigenvalue weighted by Gasteiger charge is 2.21. The van der Waals surface area contributed by atoms with Crippen molar-refractivity contribution in [3.63, 3.8) is 0 Å². The average Bonchev–Trinajstić information content (AvgIpc) is 2.66. The summed E-state index contributed by atoms with van der Waals surface area (Å²) in [7, 11) is 0. The fourth-order valence-corrected chi connectivity index (χ4v) is 2.60. The second-order valence-electron chi connectivity index (χ2n) is 5.97. The highest BCUT2D eigenvalue weighted by Crippen LogP contribution is 2.25. The van der Waals surface area contributed by atoms with Gasteiger partial charge in [0.2, 0.25) is 0 Å². The van der Waals surface area contributed by atoms with Crippen molar-refractivity contribution < 1.29 is 19.4 Å². The van der Waals surface area contributed by atoms with E-state index in [1.807, 2.05) is 54.6 Å². The lowest BCUT2D eigenvalue weighted by Gasteiger charge is -2.14. The molecule has 0 aromatic heterocycles. The monoisotopic (exact) mass is 349 g/mol. The molecule has 0 saturated heterocycles. The number of hydrogen-bond donors (Lipinski definition) is 2. The topological polar surface area (TPSA) is 75.6 Å². The fraction of sp³-hybridized carbons (Fsp3) is 0.143. The third-order valence-corrected chi connectivity index (χ3v) is 4.05. The predicted octanol–water partition coefficient (Wildman–Crippen LogP) is 3.41. The Hall–Kier alpha value is -3.34. The maximum atomic E-state index is 12.3. The number of phenols is 1. The number of hydrogen-bond acceptors (Lipinski definition) is 4. The van der Waals surface area contributed by atoms with Gasteiger partial charge in [0.05, 0.1) is 0 Å². The maximum Gasteiger partial charge on any atom is 0.342 e. The Labute approximate surface area is 151 Å². The minimum absolute atomic E-state index is 0.0337. The summed E-state index contributed by atoms with van der Waals surface area (Å²) < 4.78 is 5.21. The average molecular weight is 349 g/mol. The van der Waals surface area contributed by atoms with E-state index in [9.17, 15) is 14.7 Å². The molecule has 3 aromatic rings. The van der Waals surface area contributed by atoms with Gasteiger partial charge in [-0.05, 0) is 35.4 Å². The third kappa shape index (κ3) is 4.00. The van der Waals surface area contributed by atoms with Gasteiger partial charge in [0.25, 0.3) is 5.91 Å². The molecule has 26 heavy (non-hydrogen) atoms. The molecule has 0 aliphatic carbocycles. The molecule has 0 bridgehead atoms. The number of ether oxygens (including phenoxy) is 1. The van der Waals surface area contributed by atoms with E-state index in [0.29, 0.717) is 6.54 Å². The normalized spacial score (nSPS) is 11.7. The lowest BCUT2D eigenvalue weighted by molar-refractivity contribution is -0.129. The molecule has 0 fully saturated rings. The molecule has 0 spiro atoms. The van der Waals surface area contributed by atoms with Gasteiger partial charge in [0, 0.05) is 6.54 Å². The molecule has 0 aliphatic heterocycles. The fourth-order valence-electron chi connectivity index (χ4n) is 2.60. The molecule has 132 valence electrons. The second-order valence-corrected chi connectivity index (χ2v) is 5.97. The molecule has 0 radical (unpaired) electrons. The van der Waals surface area contributed by atoms with Crippen LogP contribution in [0.2, 0.25) is 0 Å². The van der Waals surface area contributed by atoms with Crippen molar-refractivity contribution in [3.05, 3.63) is 77.9 Å². The highest BCUT2D eigenvalue weighted by molar-refractivity contribution is 5.99. The summed E-state index contributed by atoms with van der Waals surface area (Å²) in [6.45, 7) is 1.85. The molecule has 5 heteroatoms. The number of carbonyl (C=O) groups is 2. The number of fused-ring (bicyclic) bond motifs is 1. The molecule has 3 rings (SSSR count). The zero-order valence-corrected chi connectivity index (χ0v) is 14.3. The van der Waals surface area contributed by atoms with Crippen LogP contribution in [-0.2, 0) is 16.1 Å². The van der Waals surface area contributed by atoms with E-state index in [4.69, 9.17) is 4.74 Å². The van der Waals surface area contributed by atoms with E-state index in [1.54, 1.807) is 6.07 Å². The summed E-state index contributed by atoms with van der Waals surface area (Å²) in [4.78, 5) is 24.5. The van der Waals surface area contributed by atoms with Gasteiger partial charge in [0.15, 0.2) is 6.10 Å². The first-order valence-electron chi connectivity index (χ1n) is 8.29. The van der Waals surface area contributed by atoms with Crippen LogP contribution in [0, 0.1) is 0 Å². The van der Waals surface area contributed by atoms with Crippen LogP contribution in [0.15, 0.2) is 66.7 Å². The largest absolute Gasteiger partial charge is 0.507 e. The van der Waals surface area contributed by atoms with E-state index >= 15 is 0 Å². The van der Waals surface area contributed by atoms with Crippen LogP contribution in [0.3, 0.4) is 0 Å². The molecule has 0 saturated carbocycles. The van der Waals surface area contributed by atoms with Crippen LogP contribution < -0.4 is 5.32 Å². The minimum atomic E-state index is -0.975.